The highest BCUT2D eigenvalue weighted by Crippen LogP contribution is 2.26. The van der Waals surface area contributed by atoms with Crippen LogP contribution in [0.15, 0.2) is 36.4 Å². The number of hydrogen-bond acceptors (Lipinski definition) is 3. The summed E-state index contributed by atoms with van der Waals surface area (Å²) in [6, 6.07) is 8.47. The molecule has 2 N–H and O–H groups in total. The molecule has 100 valence electrons. The summed E-state index contributed by atoms with van der Waals surface area (Å²) in [4.78, 5) is 8.52. The van der Waals surface area contributed by atoms with Crippen LogP contribution in [0.5, 0.6) is 0 Å². The predicted octanol–water partition coefficient (Wildman–Crippen LogP) is 3.47. The molecule has 3 aromatic rings. The SMILES string of the molecule is Cc1cc(F)ccc1-c1nc(N)c2ccc(F)cc2n1. The van der Waals surface area contributed by atoms with Crippen LogP contribution in [0.3, 0.4) is 0 Å². The number of fused-ring (bicyclic) bond motifs is 1. The summed E-state index contributed by atoms with van der Waals surface area (Å²) >= 11 is 0. The van der Waals surface area contributed by atoms with E-state index < -0.39 is 5.82 Å². The number of halogens is 2. The average molecular weight is 271 g/mol. The van der Waals surface area contributed by atoms with Gasteiger partial charge in [-0.15, -0.1) is 0 Å². The van der Waals surface area contributed by atoms with Gasteiger partial charge in [0, 0.05) is 17.0 Å². The number of nitrogen functional groups attached to an aromatic ring is 1. The zero-order chi connectivity index (χ0) is 14.3. The van der Waals surface area contributed by atoms with Gasteiger partial charge in [-0.3, -0.25) is 0 Å². The number of hydrogen-bond donors (Lipinski definition) is 1. The van der Waals surface area contributed by atoms with E-state index in [1.807, 2.05) is 0 Å². The number of rotatable bonds is 1. The first kappa shape index (κ1) is 12.5. The molecule has 0 radical (unpaired) electrons. The Hall–Kier alpha value is -2.56. The van der Waals surface area contributed by atoms with Gasteiger partial charge in [-0.05, 0) is 42.8 Å². The minimum absolute atomic E-state index is 0.272. The maximum Gasteiger partial charge on any atom is 0.162 e. The maximum absolute atomic E-state index is 13.3. The molecule has 0 spiro atoms. The van der Waals surface area contributed by atoms with Crippen LogP contribution in [0.25, 0.3) is 22.3 Å². The molecule has 0 fully saturated rings. The second-order valence-electron chi connectivity index (χ2n) is 4.55. The second kappa shape index (κ2) is 4.52. The molecule has 0 aliphatic rings. The molecular weight excluding hydrogens is 260 g/mol. The summed E-state index contributed by atoms with van der Waals surface area (Å²) in [5, 5.41) is 0.593. The standard InChI is InChI=1S/C15H11F2N3/c1-8-6-9(16)2-4-11(8)15-19-13-7-10(17)3-5-12(13)14(18)20-15/h2-7H,1H3,(H2,18,19,20). The number of aryl methyl sites for hydroxylation is 1. The van der Waals surface area contributed by atoms with E-state index in [2.05, 4.69) is 9.97 Å². The first-order chi connectivity index (χ1) is 9.54. The van der Waals surface area contributed by atoms with Crippen molar-refractivity contribution in [2.45, 2.75) is 6.92 Å². The molecule has 5 heteroatoms. The molecule has 1 heterocycles. The zero-order valence-electron chi connectivity index (χ0n) is 10.7. The van der Waals surface area contributed by atoms with Crippen molar-refractivity contribution in [2.75, 3.05) is 5.73 Å². The van der Waals surface area contributed by atoms with E-state index in [9.17, 15) is 8.78 Å². The summed E-state index contributed by atoms with van der Waals surface area (Å²) in [5.74, 6) is -0.0877. The van der Waals surface area contributed by atoms with Gasteiger partial charge in [-0.1, -0.05) is 0 Å². The maximum atomic E-state index is 13.3. The third-order valence-corrected chi connectivity index (χ3v) is 3.12. The van der Waals surface area contributed by atoms with Crippen LogP contribution in [0.1, 0.15) is 5.56 Å². The van der Waals surface area contributed by atoms with Gasteiger partial charge in [0.15, 0.2) is 5.82 Å². The molecule has 20 heavy (non-hydrogen) atoms. The molecule has 0 aliphatic heterocycles. The number of benzene rings is 2. The lowest BCUT2D eigenvalue weighted by atomic mass is 10.1. The van der Waals surface area contributed by atoms with Crippen LogP contribution in [-0.2, 0) is 0 Å². The predicted molar refractivity (Wildman–Crippen MR) is 74.0 cm³/mol. The normalized spacial score (nSPS) is 10.9. The topological polar surface area (TPSA) is 51.8 Å². The van der Waals surface area contributed by atoms with Gasteiger partial charge in [0.05, 0.1) is 5.52 Å². The van der Waals surface area contributed by atoms with Crippen LogP contribution in [0.2, 0.25) is 0 Å². The highest BCUT2D eigenvalue weighted by Gasteiger charge is 2.10. The highest BCUT2D eigenvalue weighted by molar-refractivity contribution is 5.89. The van der Waals surface area contributed by atoms with Crippen molar-refractivity contribution >= 4 is 16.7 Å². The van der Waals surface area contributed by atoms with Crippen molar-refractivity contribution in [1.29, 1.82) is 0 Å². The van der Waals surface area contributed by atoms with Gasteiger partial charge in [-0.2, -0.15) is 0 Å². The Labute approximate surface area is 114 Å². The lowest BCUT2D eigenvalue weighted by Crippen LogP contribution is -1.99. The Balaban J connectivity index is 2.26. The summed E-state index contributed by atoms with van der Waals surface area (Å²) in [6.45, 7) is 1.76. The largest absolute Gasteiger partial charge is 0.383 e. The lowest BCUT2D eigenvalue weighted by Gasteiger charge is -2.08. The quantitative estimate of drug-likeness (QED) is 0.737. The average Bonchev–Trinajstić information content (AvgIpc) is 2.37. The first-order valence-electron chi connectivity index (χ1n) is 6.04. The van der Waals surface area contributed by atoms with Crippen molar-refractivity contribution in [3.63, 3.8) is 0 Å². The highest BCUT2D eigenvalue weighted by atomic mass is 19.1. The Bertz CT molecular complexity index is 816. The molecule has 3 nitrogen and oxygen atoms in total. The van der Waals surface area contributed by atoms with E-state index in [1.54, 1.807) is 19.1 Å². The van der Waals surface area contributed by atoms with Crippen LogP contribution >= 0.6 is 0 Å². The molecule has 0 saturated carbocycles. The van der Waals surface area contributed by atoms with E-state index in [0.717, 1.165) is 0 Å². The second-order valence-corrected chi connectivity index (χ2v) is 4.55. The lowest BCUT2D eigenvalue weighted by molar-refractivity contribution is 0.627. The monoisotopic (exact) mass is 271 g/mol. The number of nitrogens with two attached hydrogens (primary N) is 1. The molecule has 3 rings (SSSR count). The van der Waals surface area contributed by atoms with Gasteiger partial charge in [0.2, 0.25) is 0 Å². The van der Waals surface area contributed by atoms with Crippen molar-refractivity contribution < 1.29 is 8.78 Å². The first-order valence-corrected chi connectivity index (χ1v) is 6.04. The summed E-state index contributed by atoms with van der Waals surface area (Å²) in [6.07, 6.45) is 0. The van der Waals surface area contributed by atoms with Crippen LogP contribution < -0.4 is 5.73 Å². The smallest absolute Gasteiger partial charge is 0.162 e. The van der Waals surface area contributed by atoms with Gasteiger partial charge >= 0.3 is 0 Å². The molecular formula is C15H11F2N3. The van der Waals surface area contributed by atoms with Crippen LogP contribution in [-0.4, -0.2) is 9.97 Å². The van der Waals surface area contributed by atoms with Crippen molar-refractivity contribution in [3.8, 4) is 11.4 Å². The molecule has 1 aromatic heterocycles. The molecule has 0 amide bonds. The third-order valence-electron chi connectivity index (χ3n) is 3.12. The fourth-order valence-electron chi connectivity index (χ4n) is 2.13. The Kier molecular flexibility index (Phi) is 2.82. The van der Waals surface area contributed by atoms with Crippen LogP contribution in [0.4, 0.5) is 14.6 Å². The number of anilines is 1. The number of nitrogens with zero attached hydrogens (tertiary/aromatic N) is 2. The Morgan fingerprint density at radius 2 is 1.65 bits per heavy atom. The van der Waals surface area contributed by atoms with Gasteiger partial charge in [-0.25, -0.2) is 18.7 Å². The minimum Gasteiger partial charge on any atom is -0.383 e. The van der Waals surface area contributed by atoms with E-state index in [0.29, 0.717) is 27.9 Å². The van der Waals surface area contributed by atoms with Crippen molar-refractivity contribution in [1.82, 2.24) is 9.97 Å². The van der Waals surface area contributed by atoms with Crippen molar-refractivity contribution in [3.05, 3.63) is 53.6 Å². The van der Waals surface area contributed by atoms with E-state index >= 15 is 0 Å². The summed E-state index contributed by atoms with van der Waals surface area (Å²) in [7, 11) is 0. The molecule has 0 bridgehead atoms. The Morgan fingerprint density at radius 1 is 0.950 bits per heavy atom. The van der Waals surface area contributed by atoms with Crippen molar-refractivity contribution in [2.24, 2.45) is 0 Å². The molecule has 0 unspecified atom stereocenters. The Morgan fingerprint density at radius 3 is 2.40 bits per heavy atom. The minimum atomic E-state index is -0.391. The third kappa shape index (κ3) is 2.07. The summed E-state index contributed by atoms with van der Waals surface area (Å²) in [5.41, 5.74) is 7.67. The van der Waals surface area contributed by atoms with Gasteiger partial charge < -0.3 is 5.73 Å². The van der Waals surface area contributed by atoms with E-state index in [4.69, 9.17) is 5.73 Å². The zero-order valence-corrected chi connectivity index (χ0v) is 10.7. The molecule has 2 aromatic carbocycles. The fraction of sp³-hybridized carbons (Fsp3) is 0.0667. The molecule has 0 aliphatic carbocycles. The number of aromatic nitrogens is 2. The molecule has 0 saturated heterocycles. The summed E-state index contributed by atoms with van der Waals surface area (Å²) < 4.78 is 26.4. The van der Waals surface area contributed by atoms with Gasteiger partial charge in [0.1, 0.15) is 17.5 Å². The van der Waals surface area contributed by atoms with Crippen LogP contribution in [0, 0.1) is 18.6 Å². The van der Waals surface area contributed by atoms with E-state index in [1.165, 1.54) is 24.3 Å². The van der Waals surface area contributed by atoms with Gasteiger partial charge in [0.25, 0.3) is 0 Å². The molecule has 0 atom stereocenters. The van der Waals surface area contributed by atoms with E-state index in [-0.39, 0.29) is 11.6 Å². The fourth-order valence-corrected chi connectivity index (χ4v) is 2.13.